The van der Waals surface area contributed by atoms with E-state index >= 15 is 0 Å². The Balaban J connectivity index is 1.22. The number of methoxy groups -OCH3 is 1. The zero-order chi connectivity index (χ0) is 25.9. The van der Waals surface area contributed by atoms with Gasteiger partial charge in [0.2, 0.25) is 5.91 Å². The Bertz CT molecular complexity index is 1170. The fourth-order valence-corrected chi connectivity index (χ4v) is 5.47. The summed E-state index contributed by atoms with van der Waals surface area (Å²) in [6, 6.07) is 11.5. The van der Waals surface area contributed by atoms with Crippen molar-refractivity contribution < 1.29 is 23.5 Å². The standard InChI is InChI=1S/C27H32FN5O4/c1-37-19-7-5-18(6-8-19)26(35)32-11-13-33(14-12-32)27(36)21-15-17(4-9-22(21)28)16-23-24-20(3-2-10-29-24)25(34)31-30-23/h4-9,15,20,23-24,29-30H,2-3,10-14,16H2,1H3,(H,31,34). The summed E-state index contributed by atoms with van der Waals surface area (Å²) < 4.78 is 19.9. The van der Waals surface area contributed by atoms with Crippen molar-refractivity contribution in [2.24, 2.45) is 5.92 Å². The van der Waals surface area contributed by atoms with Crippen LogP contribution >= 0.6 is 0 Å². The molecule has 0 radical (unpaired) electrons. The minimum atomic E-state index is -0.566. The van der Waals surface area contributed by atoms with Crippen molar-refractivity contribution in [3.8, 4) is 5.75 Å². The number of halogens is 1. The fraction of sp³-hybridized carbons (Fsp3) is 0.444. The normalized spacial score (nSPS) is 23.7. The molecule has 3 unspecified atom stereocenters. The van der Waals surface area contributed by atoms with E-state index in [-0.39, 0.29) is 41.3 Å². The van der Waals surface area contributed by atoms with E-state index in [0.29, 0.717) is 43.9 Å². The number of piperidine rings is 1. The monoisotopic (exact) mass is 509 g/mol. The highest BCUT2D eigenvalue weighted by atomic mass is 19.1. The second-order valence-corrected chi connectivity index (χ2v) is 9.80. The molecule has 3 N–H and O–H groups in total. The number of nitrogens with one attached hydrogen (secondary N) is 3. The van der Waals surface area contributed by atoms with E-state index in [4.69, 9.17) is 4.74 Å². The highest BCUT2D eigenvalue weighted by Crippen LogP contribution is 2.25. The van der Waals surface area contributed by atoms with Gasteiger partial charge in [-0.2, -0.15) is 0 Å². The summed E-state index contributed by atoms with van der Waals surface area (Å²) in [6.45, 7) is 2.26. The largest absolute Gasteiger partial charge is 0.497 e. The van der Waals surface area contributed by atoms with Gasteiger partial charge in [0, 0.05) is 43.8 Å². The van der Waals surface area contributed by atoms with Gasteiger partial charge in [-0.15, -0.1) is 0 Å². The number of hydrogen-bond donors (Lipinski definition) is 3. The number of carbonyl (C=O) groups is 3. The molecule has 3 saturated heterocycles. The van der Waals surface area contributed by atoms with E-state index in [2.05, 4.69) is 16.2 Å². The lowest BCUT2D eigenvalue weighted by molar-refractivity contribution is -0.131. The SMILES string of the molecule is COc1ccc(C(=O)N2CCN(C(=O)c3cc(CC4NNC(=O)C5CCCNC45)ccc3F)CC2)cc1. The maximum absolute atomic E-state index is 14.8. The molecule has 0 aliphatic carbocycles. The molecule has 3 aliphatic rings. The first-order valence-corrected chi connectivity index (χ1v) is 12.7. The highest BCUT2D eigenvalue weighted by Gasteiger charge is 2.40. The second kappa shape index (κ2) is 10.9. The van der Waals surface area contributed by atoms with Crippen LogP contribution in [0.4, 0.5) is 4.39 Å². The molecule has 2 aromatic rings. The summed E-state index contributed by atoms with van der Waals surface area (Å²) in [5.41, 5.74) is 7.25. The van der Waals surface area contributed by atoms with Crippen LogP contribution in [0.25, 0.3) is 0 Å². The molecule has 3 atom stereocenters. The first kappa shape index (κ1) is 25.2. The lowest BCUT2D eigenvalue weighted by atomic mass is 9.82. The van der Waals surface area contributed by atoms with Crippen molar-refractivity contribution in [3.05, 3.63) is 65.0 Å². The van der Waals surface area contributed by atoms with Crippen LogP contribution in [0, 0.1) is 11.7 Å². The summed E-state index contributed by atoms with van der Waals surface area (Å²) in [4.78, 5) is 41.6. The Labute approximate surface area is 215 Å². The number of piperazine rings is 1. The number of hydrogen-bond acceptors (Lipinski definition) is 6. The molecular weight excluding hydrogens is 477 g/mol. The minimum Gasteiger partial charge on any atom is -0.497 e. The molecule has 3 amide bonds. The van der Waals surface area contributed by atoms with Crippen LogP contribution < -0.4 is 20.9 Å². The van der Waals surface area contributed by atoms with E-state index in [9.17, 15) is 18.8 Å². The van der Waals surface area contributed by atoms with Gasteiger partial charge in [0.25, 0.3) is 11.8 Å². The van der Waals surface area contributed by atoms with Crippen molar-refractivity contribution in [1.82, 2.24) is 26.0 Å². The zero-order valence-corrected chi connectivity index (χ0v) is 20.8. The van der Waals surface area contributed by atoms with Crippen molar-refractivity contribution in [1.29, 1.82) is 0 Å². The van der Waals surface area contributed by atoms with E-state index in [1.807, 2.05) is 0 Å². The molecule has 3 aliphatic heterocycles. The molecule has 0 saturated carbocycles. The van der Waals surface area contributed by atoms with Crippen LogP contribution in [0.5, 0.6) is 5.75 Å². The van der Waals surface area contributed by atoms with E-state index in [1.165, 1.54) is 6.07 Å². The summed E-state index contributed by atoms with van der Waals surface area (Å²) in [7, 11) is 1.57. The number of ether oxygens (including phenoxy) is 1. The number of fused-ring (bicyclic) bond motifs is 1. The lowest BCUT2D eigenvalue weighted by Gasteiger charge is -2.41. The average Bonchev–Trinajstić information content (AvgIpc) is 2.95. The Morgan fingerprint density at radius 2 is 1.73 bits per heavy atom. The van der Waals surface area contributed by atoms with Gasteiger partial charge in [0.05, 0.1) is 18.6 Å². The molecular formula is C27H32FN5O4. The van der Waals surface area contributed by atoms with Gasteiger partial charge in [0.15, 0.2) is 0 Å². The number of benzene rings is 2. The number of carbonyl (C=O) groups excluding carboxylic acids is 3. The molecule has 0 bridgehead atoms. The third kappa shape index (κ3) is 5.30. The van der Waals surface area contributed by atoms with Crippen LogP contribution in [0.1, 0.15) is 39.1 Å². The van der Waals surface area contributed by atoms with Gasteiger partial charge in [-0.25, -0.2) is 9.82 Å². The van der Waals surface area contributed by atoms with Crippen LogP contribution in [0.2, 0.25) is 0 Å². The van der Waals surface area contributed by atoms with Crippen LogP contribution in [0.3, 0.4) is 0 Å². The predicted molar refractivity (Wildman–Crippen MR) is 134 cm³/mol. The molecule has 196 valence electrons. The molecule has 9 nitrogen and oxygen atoms in total. The van der Waals surface area contributed by atoms with Crippen molar-refractivity contribution in [2.45, 2.75) is 31.3 Å². The van der Waals surface area contributed by atoms with Crippen molar-refractivity contribution in [2.75, 3.05) is 39.8 Å². The quantitative estimate of drug-likeness (QED) is 0.563. The van der Waals surface area contributed by atoms with Crippen molar-refractivity contribution >= 4 is 17.7 Å². The molecule has 3 fully saturated rings. The molecule has 2 aromatic carbocycles. The maximum Gasteiger partial charge on any atom is 0.256 e. The number of amides is 3. The first-order chi connectivity index (χ1) is 17.9. The molecule has 37 heavy (non-hydrogen) atoms. The third-order valence-corrected chi connectivity index (χ3v) is 7.56. The Hall–Kier alpha value is -3.50. The molecule has 0 spiro atoms. The van der Waals surface area contributed by atoms with E-state index in [1.54, 1.807) is 53.3 Å². The fourth-order valence-electron chi connectivity index (χ4n) is 5.47. The van der Waals surface area contributed by atoms with Gasteiger partial charge in [-0.1, -0.05) is 6.07 Å². The third-order valence-electron chi connectivity index (χ3n) is 7.56. The first-order valence-electron chi connectivity index (χ1n) is 12.7. The van der Waals surface area contributed by atoms with Crippen LogP contribution in [-0.2, 0) is 11.2 Å². The number of rotatable bonds is 5. The van der Waals surface area contributed by atoms with Crippen LogP contribution in [-0.4, -0.2) is 79.4 Å². The number of hydrazine groups is 1. The van der Waals surface area contributed by atoms with Gasteiger partial charge in [-0.05, 0) is 67.8 Å². The summed E-state index contributed by atoms with van der Waals surface area (Å²) in [5, 5.41) is 3.44. The predicted octanol–water partition coefficient (Wildman–Crippen LogP) is 1.35. The summed E-state index contributed by atoms with van der Waals surface area (Å²) >= 11 is 0. The molecule has 5 rings (SSSR count). The average molecular weight is 510 g/mol. The Kier molecular flexibility index (Phi) is 7.38. The van der Waals surface area contributed by atoms with Crippen LogP contribution in [0.15, 0.2) is 42.5 Å². The second-order valence-electron chi connectivity index (χ2n) is 9.80. The summed E-state index contributed by atoms with van der Waals surface area (Å²) in [5.74, 6) is -0.482. The van der Waals surface area contributed by atoms with Gasteiger partial charge in [-0.3, -0.25) is 19.8 Å². The highest BCUT2D eigenvalue weighted by molar-refractivity contribution is 5.96. The topological polar surface area (TPSA) is 103 Å². The van der Waals surface area contributed by atoms with E-state index in [0.717, 1.165) is 24.9 Å². The maximum atomic E-state index is 14.8. The Morgan fingerprint density at radius 1 is 1.03 bits per heavy atom. The smallest absolute Gasteiger partial charge is 0.256 e. The van der Waals surface area contributed by atoms with E-state index < -0.39 is 5.82 Å². The lowest BCUT2D eigenvalue weighted by Crippen LogP contribution is -2.67. The van der Waals surface area contributed by atoms with Gasteiger partial charge < -0.3 is 19.9 Å². The molecule has 10 heteroatoms. The molecule has 0 aromatic heterocycles. The Morgan fingerprint density at radius 3 is 2.43 bits per heavy atom. The molecule has 3 heterocycles. The van der Waals surface area contributed by atoms with Gasteiger partial charge in [0.1, 0.15) is 11.6 Å². The zero-order valence-electron chi connectivity index (χ0n) is 20.8. The van der Waals surface area contributed by atoms with Crippen molar-refractivity contribution in [3.63, 3.8) is 0 Å². The minimum absolute atomic E-state index is 0.00645. The number of nitrogens with zero attached hydrogens (tertiary/aromatic N) is 2. The summed E-state index contributed by atoms with van der Waals surface area (Å²) in [6.07, 6.45) is 2.33. The van der Waals surface area contributed by atoms with Gasteiger partial charge >= 0.3 is 0 Å².